The Morgan fingerprint density at radius 3 is 3.00 bits per heavy atom. The number of nitrogens with one attached hydrogen (secondary N) is 1. The number of nitrogens with two attached hydrogens (primary N) is 1. The average molecular weight is 238 g/mol. The van der Waals surface area contributed by atoms with E-state index in [0.717, 1.165) is 16.6 Å². The Kier molecular flexibility index (Phi) is 2.45. The van der Waals surface area contributed by atoms with Crippen LogP contribution in [-0.2, 0) is 0 Å². The molecule has 0 radical (unpaired) electrons. The number of benzene rings is 1. The van der Waals surface area contributed by atoms with Gasteiger partial charge >= 0.3 is 0 Å². The number of hydrogen-bond acceptors (Lipinski definition) is 5. The first kappa shape index (κ1) is 10.4. The molecular weight excluding hydrogens is 228 g/mol. The number of nitrogens with zero attached hydrogens (tertiary/aromatic N) is 4. The molecule has 0 fully saturated rings. The quantitative estimate of drug-likeness (QED) is 0.400. The zero-order valence-corrected chi connectivity index (χ0v) is 9.41. The van der Waals surface area contributed by atoms with Gasteiger partial charge in [0.15, 0.2) is 11.5 Å². The maximum absolute atomic E-state index is 5.19. The van der Waals surface area contributed by atoms with Crippen LogP contribution < -0.4 is 5.84 Å². The molecule has 0 aliphatic carbocycles. The highest BCUT2D eigenvalue weighted by atomic mass is 15.1. The summed E-state index contributed by atoms with van der Waals surface area (Å²) in [6.07, 6.45) is 4.88. The predicted octanol–water partition coefficient (Wildman–Crippen LogP) is 1.31. The van der Waals surface area contributed by atoms with Gasteiger partial charge in [-0.3, -0.25) is 0 Å². The van der Waals surface area contributed by atoms with E-state index in [2.05, 4.69) is 25.0 Å². The summed E-state index contributed by atoms with van der Waals surface area (Å²) in [4.78, 5) is 15.8. The molecule has 88 valence electrons. The third-order valence-corrected chi connectivity index (χ3v) is 2.59. The van der Waals surface area contributed by atoms with Gasteiger partial charge in [-0.15, -0.1) is 0 Å². The lowest BCUT2D eigenvalue weighted by molar-refractivity contribution is 1.20. The monoisotopic (exact) mass is 238 g/mol. The molecule has 3 N–H and O–H groups in total. The van der Waals surface area contributed by atoms with Crippen LogP contribution >= 0.6 is 0 Å². The third-order valence-electron chi connectivity index (χ3n) is 2.59. The molecule has 6 nitrogen and oxygen atoms in total. The Bertz CT molecular complexity index is 715. The van der Waals surface area contributed by atoms with Crippen molar-refractivity contribution in [3.05, 3.63) is 42.4 Å². The van der Waals surface area contributed by atoms with Gasteiger partial charge in [0.05, 0.1) is 18.7 Å². The molecule has 0 saturated heterocycles. The lowest BCUT2D eigenvalue weighted by Gasteiger charge is -2.03. The average Bonchev–Trinajstić information content (AvgIpc) is 2.87. The molecule has 0 atom stereocenters. The van der Waals surface area contributed by atoms with Crippen LogP contribution in [0.25, 0.3) is 22.6 Å². The summed E-state index contributed by atoms with van der Waals surface area (Å²) in [5, 5.41) is 3.54. The second kappa shape index (κ2) is 4.25. The summed E-state index contributed by atoms with van der Waals surface area (Å²) in [7, 11) is 0. The number of aromatic amines is 1. The van der Waals surface area contributed by atoms with Crippen LogP contribution in [0.3, 0.4) is 0 Å². The minimum Gasteiger partial charge on any atom is -0.342 e. The van der Waals surface area contributed by atoms with Crippen molar-refractivity contribution in [2.45, 2.75) is 0 Å². The van der Waals surface area contributed by atoms with Gasteiger partial charge in [0, 0.05) is 11.1 Å². The van der Waals surface area contributed by atoms with Gasteiger partial charge in [-0.25, -0.2) is 15.0 Å². The van der Waals surface area contributed by atoms with Crippen molar-refractivity contribution in [2.24, 2.45) is 10.9 Å². The summed E-state index contributed by atoms with van der Waals surface area (Å²) in [6, 6.07) is 7.66. The Labute approximate surface area is 103 Å². The van der Waals surface area contributed by atoms with E-state index in [-0.39, 0.29) is 0 Å². The van der Waals surface area contributed by atoms with Crippen LogP contribution in [0, 0.1) is 0 Å². The first-order valence-electron chi connectivity index (χ1n) is 5.37. The number of H-pyrrole nitrogens is 1. The summed E-state index contributed by atoms with van der Waals surface area (Å²) in [6.45, 7) is 0. The molecule has 1 aromatic carbocycles. The standard InChI is InChI=1S/C12H10N6/c13-17-5-8-3-1-2-4-9(8)11-14-6-10-12(18-11)16-7-15-10/h1-7H,13H2,(H,14,15,16,18)/b17-5+. The second-order valence-corrected chi connectivity index (χ2v) is 3.70. The molecule has 18 heavy (non-hydrogen) atoms. The van der Waals surface area contributed by atoms with Gasteiger partial charge < -0.3 is 10.8 Å². The van der Waals surface area contributed by atoms with Crippen LogP contribution in [0.2, 0.25) is 0 Å². The van der Waals surface area contributed by atoms with Crippen molar-refractivity contribution < 1.29 is 0 Å². The van der Waals surface area contributed by atoms with E-state index < -0.39 is 0 Å². The first-order valence-corrected chi connectivity index (χ1v) is 5.37. The fraction of sp³-hybridized carbons (Fsp3) is 0. The maximum Gasteiger partial charge on any atom is 0.181 e. The van der Waals surface area contributed by atoms with Gasteiger partial charge in [-0.1, -0.05) is 24.3 Å². The summed E-state index contributed by atoms with van der Waals surface area (Å²) in [5.74, 6) is 5.79. The zero-order valence-electron chi connectivity index (χ0n) is 9.41. The number of hydrazone groups is 1. The highest BCUT2D eigenvalue weighted by Crippen LogP contribution is 2.19. The van der Waals surface area contributed by atoms with Gasteiger partial charge in [-0.05, 0) is 0 Å². The Balaban J connectivity index is 2.18. The van der Waals surface area contributed by atoms with Crippen molar-refractivity contribution >= 4 is 17.4 Å². The highest BCUT2D eigenvalue weighted by molar-refractivity contribution is 5.89. The Morgan fingerprint density at radius 1 is 1.22 bits per heavy atom. The van der Waals surface area contributed by atoms with Crippen LogP contribution in [-0.4, -0.2) is 26.2 Å². The predicted molar refractivity (Wildman–Crippen MR) is 68.9 cm³/mol. The molecule has 0 spiro atoms. The SMILES string of the molecule is N/N=C/c1ccccc1-c1ncc2[nH]cnc2n1. The van der Waals surface area contributed by atoms with Crippen molar-refractivity contribution in [1.82, 2.24) is 19.9 Å². The van der Waals surface area contributed by atoms with E-state index in [4.69, 9.17) is 5.84 Å². The third kappa shape index (κ3) is 1.69. The Hall–Kier alpha value is -2.76. The number of imidazole rings is 1. The molecule has 6 heteroatoms. The first-order chi connectivity index (χ1) is 8.88. The van der Waals surface area contributed by atoms with E-state index >= 15 is 0 Å². The molecule has 0 unspecified atom stereocenters. The molecular formula is C12H10N6. The van der Waals surface area contributed by atoms with Crippen LogP contribution in [0.15, 0.2) is 41.9 Å². The van der Waals surface area contributed by atoms with Crippen molar-refractivity contribution in [1.29, 1.82) is 0 Å². The highest BCUT2D eigenvalue weighted by Gasteiger charge is 2.07. The number of rotatable bonds is 2. The molecule has 2 aromatic heterocycles. The van der Waals surface area contributed by atoms with Gasteiger partial charge in [0.1, 0.15) is 5.52 Å². The minimum atomic E-state index is 0.602. The van der Waals surface area contributed by atoms with E-state index in [0.29, 0.717) is 11.5 Å². The molecule has 0 bridgehead atoms. The summed E-state index contributed by atoms with van der Waals surface area (Å²) in [5.41, 5.74) is 3.19. The molecule has 2 heterocycles. The number of aromatic nitrogens is 4. The van der Waals surface area contributed by atoms with E-state index in [1.54, 1.807) is 18.7 Å². The van der Waals surface area contributed by atoms with Crippen LogP contribution in [0.5, 0.6) is 0 Å². The number of fused-ring (bicyclic) bond motifs is 1. The van der Waals surface area contributed by atoms with Crippen LogP contribution in [0.1, 0.15) is 5.56 Å². The van der Waals surface area contributed by atoms with Crippen LogP contribution in [0.4, 0.5) is 0 Å². The smallest absolute Gasteiger partial charge is 0.181 e. The summed E-state index contributed by atoms with van der Waals surface area (Å²) >= 11 is 0. The van der Waals surface area contributed by atoms with Crippen molar-refractivity contribution in [3.63, 3.8) is 0 Å². The fourth-order valence-electron chi connectivity index (χ4n) is 1.76. The van der Waals surface area contributed by atoms with Crippen molar-refractivity contribution in [2.75, 3.05) is 0 Å². The summed E-state index contributed by atoms with van der Waals surface area (Å²) < 4.78 is 0. The van der Waals surface area contributed by atoms with Gasteiger partial charge in [0.2, 0.25) is 0 Å². The lowest BCUT2D eigenvalue weighted by atomic mass is 10.1. The Morgan fingerprint density at radius 2 is 2.11 bits per heavy atom. The van der Waals surface area contributed by atoms with E-state index in [1.807, 2.05) is 24.3 Å². The molecule has 3 aromatic rings. The molecule has 3 rings (SSSR count). The topological polar surface area (TPSA) is 92.8 Å². The zero-order chi connectivity index (χ0) is 12.4. The largest absolute Gasteiger partial charge is 0.342 e. The van der Waals surface area contributed by atoms with Gasteiger partial charge in [-0.2, -0.15) is 5.10 Å². The molecule has 0 aliphatic heterocycles. The minimum absolute atomic E-state index is 0.602. The molecule has 0 saturated carbocycles. The van der Waals surface area contributed by atoms with E-state index in [9.17, 15) is 0 Å². The van der Waals surface area contributed by atoms with Crippen molar-refractivity contribution in [3.8, 4) is 11.4 Å². The van der Waals surface area contributed by atoms with E-state index in [1.165, 1.54) is 0 Å². The number of hydrogen-bond donors (Lipinski definition) is 2. The molecule has 0 amide bonds. The lowest BCUT2D eigenvalue weighted by Crippen LogP contribution is -1.95. The fourth-order valence-corrected chi connectivity index (χ4v) is 1.76. The van der Waals surface area contributed by atoms with Gasteiger partial charge in [0.25, 0.3) is 0 Å². The normalized spacial score (nSPS) is 11.3. The maximum atomic E-state index is 5.19. The molecule has 0 aliphatic rings. The second-order valence-electron chi connectivity index (χ2n) is 3.70.